The second-order valence-corrected chi connectivity index (χ2v) is 5.31. The van der Waals surface area contributed by atoms with Gasteiger partial charge in [-0.1, -0.05) is 19.3 Å². The molecule has 1 saturated carbocycles. The minimum Gasteiger partial charge on any atom is -0.357 e. The van der Waals surface area contributed by atoms with E-state index in [0.29, 0.717) is 11.9 Å². The highest BCUT2D eigenvalue weighted by Gasteiger charge is 2.23. The van der Waals surface area contributed by atoms with Crippen molar-refractivity contribution in [3.63, 3.8) is 0 Å². The van der Waals surface area contributed by atoms with Crippen molar-refractivity contribution >= 4 is 17.4 Å². The molecule has 3 nitrogen and oxygen atoms in total. The molecule has 4 heteroatoms. The Hall–Kier alpha value is -0.700. The molecule has 1 aliphatic rings. The number of aromatic nitrogens is 2. The summed E-state index contributed by atoms with van der Waals surface area (Å²) < 4.78 is 1.97. The van der Waals surface area contributed by atoms with Crippen LogP contribution < -0.4 is 4.90 Å². The van der Waals surface area contributed by atoms with Crippen LogP contribution in [0.4, 0.5) is 5.82 Å². The Bertz CT molecular complexity index is 380. The third kappa shape index (κ3) is 2.44. The van der Waals surface area contributed by atoms with Crippen LogP contribution in [0.3, 0.4) is 0 Å². The van der Waals surface area contributed by atoms with Crippen LogP contribution in [0.25, 0.3) is 0 Å². The van der Waals surface area contributed by atoms with Crippen LogP contribution in [0.1, 0.15) is 43.4 Å². The van der Waals surface area contributed by atoms with Gasteiger partial charge in [0.1, 0.15) is 5.82 Å². The van der Waals surface area contributed by atoms with Crippen LogP contribution >= 0.6 is 11.6 Å². The van der Waals surface area contributed by atoms with Gasteiger partial charge >= 0.3 is 0 Å². The van der Waals surface area contributed by atoms with Gasteiger partial charge in [-0.2, -0.15) is 5.10 Å². The van der Waals surface area contributed by atoms with Crippen molar-refractivity contribution in [2.75, 3.05) is 11.9 Å². The molecule has 0 bridgehead atoms. The number of halogens is 1. The van der Waals surface area contributed by atoms with Crippen LogP contribution in [0.2, 0.25) is 0 Å². The highest BCUT2D eigenvalue weighted by molar-refractivity contribution is 6.17. The fourth-order valence-electron chi connectivity index (χ4n) is 2.93. The Labute approximate surface area is 109 Å². The van der Waals surface area contributed by atoms with Crippen molar-refractivity contribution in [2.24, 2.45) is 7.05 Å². The zero-order valence-electron chi connectivity index (χ0n) is 11.0. The molecule has 0 amide bonds. The van der Waals surface area contributed by atoms with Gasteiger partial charge < -0.3 is 4.90 Å². The standard InChI is InChI=1S/C13H22ClN3/c1-10-12(9-14)13(17(3)15-10)16(2)11-7-5-4-6-8-11/h11H,4-9H2,1-3H3. The van der Waals surface area contributed by atoms with E-state index in [2.05, 4.69) is 17.0 Å². The highest BCUT2D eigenvalue weighted by atomic mass is 35.5. The van der Waals surface area contributed by atoms with E-state index in [9.17, 15) is 0 Å². The lowest BCUT2D eigenvalue weighted by atomic mass is 9.94. The molecule has 0 aromatic carbocycles. The van der Waals surface area contributed by atoms with Crippen molar-refractivity contribution in [3.8, 4) is 0 Å². The second-order valence-electron chi connectivity index (χ2n) is 5.05. The quantitative estimate of drug-likeness (QED) is 0.774. The maximum Gasteiger partial charge on any atom is 0.131 e. The minimum atomic E-state index is 0.548. The molecule has 0 spiro atoms. The Kier molecular flexibility index (Phi) is 3.97. The Morgan fingerprint density at radius 1 is 1.35 bits per heavy atom. The van der Waals surface area contributed by atoms with E-state index < -0.39 is 0 Å². The molecule has 0 N–H and O–H groups in total. The molecule has 1 fully saturated rings. The van der Waals surface area contributed by atoms with Crippen LogP contribution in [-0.4, -0.2) is 22.9 Å². The van der Waals surface area contributed by atoms with E-state index in [0.717, 1.165) is 5.69 Å². The molecular formula is C13H22ClN3. The summed E-state index contributed by atoms with van der Waals surface area (Å²) in [6, 6.07) is 0.653. The average Bonchev–Trinajstić information content (AvgIpc) is 2.63. The fourth-order valence-corrected chi connectivity index (χ4v) is 3.24. The third-order valence-corrected chi connectivity index (χ3v) is 4.17. The highest BCUT2D eigenvalue weighted by Crippen LogP contribution is 2.30. The zero-order valence-corrected chi connectivity index (χ0v) is 11.8. The molecule has 1 aromatic heterocycles. The smallest absolute Gasteiger partial charge is 0.131 e. The summed E-state index contributed by atoms with van der Waals surface area (Å²) in [6.45, 7) is 2.04. The van der Waals surface area contributed by atoms with Crippen molar-refractivity contribution in [1.82, 2.24) is 9.78 Å². The number of aryl methyl sites for hydroxylation is 2. The van der Waals surface area contributed by atoms with Gasteiger partial charge in [0.05, 0.1) is 11.6 Å². The van der Waals surface area contributed by atoms with E-state index in [1.54, 1.807) is 0 Å². The summed E-state index contributed by atoms with van der Waals surface area (Å²) in [4.78, 5) is 2.39. The van der Waals surface area contributed by atoms with E-state index in [1.165, 1.54) is 43.5 Å². The first-order chi connectivity index (χ1) is 8.15. The predicted octanol–water partition coefficient (Wildman–Crippen LogP) is 3.24. The predicted molar refractivity (Wildman–Crippen MR) is 72.8 cm³/mol. The van der Waals surface area contributed by atoms with Crippen molar-refractivity contribution < 1.29 is 0 Å². The SMILES string of the molecule is Cc1nn(C)c(N(C)C2CCCCC2)c1CCl. The van der Waals surface area contributed by atoms with Gasteiger partial charge in [0, 0.05) is 25.7 Å². The van der Waals surface area contributed by atoms with Crippen LogP contribution in [0.5, 0.6) is 0 Å². The van der Waals surface area contributed by atoms with Crippen molar-refractivity contribution in [2.45, 2.75) is 50.9 Å². The average molecular weight is 256 g/mol. The first kappa shape index (κ1) is 12.7. The third-order valence-electron chi connectivity index (χ3n) is 3.90. The normalized spacial score (nSPS) is 17.4. The first-order valence-electron chi connectivity index (χ1n) is 6.46. The Morgan fingerprint density at radius 2 is 2.00 bits per heavy atom. The number of nitrogens with zero attached hydrogens (tertiary/aromatic N) is 3. The summed E-state index contributed by atoms with van der Waals surface area (Å²) in [7, 11) is 4.19. The molecule has 0 atom stereocenters. The monoisotopic (exact) mass is 255 g/mol. The molecule has 1 aliphatic carbocycles. The molecule has 0 radical (unpaired) electrons. The van der Waals surface area contributed by atoms with E-state index in [1.807, 2.05) is 18.7 Å². The minimum absolute atomic E-state index is 0.548. The van der Waals surface area contributed by atoms with Gasteiger partial charge in [-0.3, -0.25) is 4.68 Å². The van der Waals surface area contributed by atoms with E-state index >= 15 is 0 Å². The van der Waals surface area contributed by atoms with Crippen molar-refractivity contribution in [3.05, 3.63) is 11.3 Å². The summed E-state index contributed by atoms with van der Waals surface area (Å²) in [6.07, 6.45) is 6.67. The number of rotatable bonds is 3. The topological polar surface area (TPSA) is 21.1 Å². The number of hydrogen-bond acceptors (Lipinski definition) is 2. The zero-order chi connectivity index (χ0) is 12.4. The summed E-state index contributed by atoms with van der Waals surface area (Å²) in [5.74, 6) is 1.75. The number of hydrogen-bond donors (Lipinski definition) is 0. The van der Waals surface area contributed by atoms with Gasteiger partial charge in [-0.25, -0.2) is 0 Å². The molecule has 0 aliphatic heterocycles. The fraction of sp³-hybridized carbons (Fsp3) is 0.769. The molecule has 1 heterocycles. The van der Waals surface area contributed by atoms with E-state index in [4.69, 9.17) is 11.6 Å². The molecule has 0 unspecified atom stereocenters. The van der Waals surface area contributed by atoms with Gasteiger partial charge in [0.2, 0.25) is 0 Å². The second kappa shape index (κ2) is 5.30. The largest absolute Gasteiger partial charge is 0.357 e. The van der Waals surface area contributed by atoms with Gasteiger partial charge in [0.15, 0.2) is 0 Å². The van der Waals surface area contributed by atoms with Crippen LogP contribution in [-0.2, 0) is 12.9 Å². The lowest BCUT2D eigenvalue weighted by Gasteiger charge is -2.33. The lowest BCUT2D eigenvalue weighted by molar-refractivity contribution is 0.422. The molecule has 2 rings (SSSR count). The maximum atomic E-state index is 6.05. The van der Waals surface area contributed by atoms with Gasteiger partial charge in [-0.05, 0) is 19.8 Å². The molecular weight excluding hydrogens is 234 g/mol. The van der Waals surface area contributed by atoms with Gasteiger partial charge in [0.25, 0.3) is 0 Å². The summed E-state index contributed by atoms with van der Waals surface area (Å²) >= 11 is 6.05. The summed E-state index contributed by atoms with van der Waals surface area (Å²) in [5, 5.41) is 4.49. The molecule has 17 heavy (non-hydrogen) atoms. The van der Waals surface area contributed by atoms with Crippen LogP contribution in [0, 0.1) is 6.92 Å². The van der Waals surface area contributed by atoms with E-state index in [-0.39, 0.29) is 0 Å². The lowest BCUT2D eigenvalue weighted by Crippen LogP contribution is -2.35. The Balaban J connectivity index is 2.25. The summed E-state index contributed by atoms with van der Waals surface area (Å²) in [5.41, 5.74) is 2.24. The Morgan fingerprint density at radius 3 is 2.59 bits per heavy atom. The molecule has 0 saturated heterocycles. The number of anilines is 1. The van der Waals surface area contributed by atoms with Crippen LogP contribution in [0.15, 0.2) is 0 Å². The molecule has 1 aromatic rings. The van der Waals surface area contributed by atoms with Crippen molar-refractivity contribution in [1.29, 1.82) is 0 Å². The number of alkyl halides is 1. The maximum absolute atomic E-state index is 6.05. The molecule has 96 valence electrons. The van der Waals surface area contributed by atoms with Gasteiger partial charge in [-0.15, -0.1) is 11.6 Å². The first-order valence-corrected chi connectivity index (χ1v) is 7.00.